The van der Waals surface area contributed by atoms with Crippen LogP contribution in [-0.4, -0.2) is 27.1 Å². The molecule has 0 aliphatic heterocycles. The van der Waals surface area contributed by atoms with Crippen molar-refractivity contribution in [2.24, 2.45) is 0 Å². The lowest BCUT2D eigenvalue weighted by atomic mass is 10.1. The smallest absolute Gasteiger partial charge is 0.416 e. The Morgan fingerprint density at radius 2 is 1.46 bits per heavy atom. The molecule has 2 aromatic rings. The van der Waals surface area contributed by atoms with Gasteiger partial charge in [-0.2, -0.15) is 13.2 Å². The fraction of sp³-hybridized carbons (Fsp3) is 0.211. The van der Waals surface area contributed by atoms with Crippen molar-refractivity contribution >= 4 is 5.78 Å². The van der Waals surface area contributed by atoms with Crippen molar-refractivity contribution in [2.75, 3.05) is 21.3 Å². The van der Waals surface area contributed by atoms with E-state index in [2.05, 4.69) is 11.8 Å². The van der Waals surface area contributed by atoms with Crippen LogP contribution in [0.1, 0.15) is 21.5 Å². The van der Waals surface area contributed by atoms with Crippen molar-refractivity contribution in [3.63, 3.8) is 0 Å². The van der Waals surface area contributed by atoms with Gasteiger partial charge in [-0.25, -0.2) is 0 Å². The average Bonchev–Trinajstić information content (AvgIpc) is 2.64. The number of benzene rings is 2. The molecular formula is C19H15F3O4. The highest BCUT2D eigenvalue weighted by Crippen LogP contribution is 2.33. The van der Waals surface area contributed by atoms with Gasteiger partial charge in [0.25, 0.3) is 0 Å². The molecule has 26 heavy (non-hydrogen) atoms. The van der Waals surface area contributed by atoms with Crippen molar-refractivity contribution < 1.29 is 32.2 Å². The monoisotopic (exact) mass is 364 g/mol. The molecule has 2 aromatic carbocycles. The van der Waals surface area contributed by atoms with Gasteiger partial charge in [0.1, 0.15) is 22.8 Å². The summed E-state index contributed by atoms with van der Waals surface area (Å²) in [6.07, 6.45) is -4.46. The van der Waals surface area contributed by atoms with E-state index < -0.39 is 17.5 Å². The number of ketones is 1. The summed E-state index contributed by atoms with van der Waals surface area (Å²) in [5.41, 5.74) is -0.450. The van der Waals surface area contributed by atoms with Crippen molar-refractivity contribution in [1.82, 2.24) is 0 Å². The van der Waals surface area contributed by atoms with E-state index in [1.807, 2.05) is 0 Å². The minimum absolute atomic E-state index is 0.0527. The Morgan fingerprint density at radius 3 is 1.88 bits per heavy atom. The van der Waals surface area contributed by atoms with Gasteiger partial charge in [0, 0.05) is 17.7 Å². The molecule has 136 valence electrons. The number of hydrogen-bond acceptors (Lipinski definition) is 4. The van der Waals surface area contributed by atoms with Crippen LogP contribution in [0.2, 0.25) is 0 Å². The largest absolute Gasteiger partial charge is 0.496 e. The second kappa shape index (κ2) is 7.83. The predicted octanol–water partition coefficient (Wildman–Crippen LogP) is 3.97. The Balaban J connectivity index is 2.35. The summed E-state index contributed by atoms with van der Waals surface area (Å²) in [6, 6.07) is 7.00. The van der Waals surface area contributed by atoms with E-state index in [0.29, 0.717) is 22.8 Å². The van der Waals surface area contributed by atoms with Crippen LogP contribution in [0, 0.1) is 11.8 Å². The molecule has 0 aromatic heterocycles. The Bertz CT molecular complexity index is 834. The van der Waals surface area contributed by atoms with E-state index in [1.54, 1.807) is 12.1 Å². The maximum Gasteiger partial charge on any atom is 0.416 e. The third-order valence-corrected chi connectivity index (χ3v) is 3.49. The van der Waals surface area contributed by atoms with Gasteiger partial charge in [0.05, 0.1) is 26.9 Å². The van der Waals surface area contributed by atoms with Gasteiger partial charge >= 0.3 is 6.18 Å². The number of carbonyl (C=O) groups is 1. The molecule has 0 radical (unpaired) electrons. The highest BCUT2D eigenvalue weighted by molar-refractivity contribution is 6.09. The van der Waals surface area contributed by atoms with Crippen LogP contribution in [0.25, 0.3) is 0 Å². The van der Waals surface area contributed by atoms with Crippen LogP contribution in [0.5, 0.6) is 17.2 Å². The normalized spacial score (nSPS) is 10.5. The number of alkyl halides is 3. The van der Waals surface area contributed by atoms with Gasteiger partial charge in [-0.05, 0) is 30.2 Å². The molecule has 4 nitrogen and oxygen atoms in total. The van der Waals surface area contributed by atoms with E-state index in [0.717, 1.165) is 24.3 Å². The van der Waals surface area contributed by atoms with Crippen molar-refractivity contribution in [2.45, 2.75) is 6.18 Å². The molecule has 0 bridgehead atoms. The van der Waals surface area contributed by atoms with Crippen LogP contribution in [0.15, 0.2) is 36.4 Å². The van der Waals surface area contributed by atoms with Crippen LogP contribution in [0.4, 0.5) is 13.2 Å². The zero-order chi connectivity index (χ0) is 19.3. The molecule has 0 N–H and O–H groups in total. The van der Waals surface area contributed by atoms with Gasteiger partial charge in [-0.1, -0.05) is 5.92 Å². The molecule has 0 fully saturated rings. The van der Waals surface area contributed by atoms with Gasteiger partial charge in [-0.15, -0.1) is 0 Å². The molecule has 0 unspecified atom stereocenters. The summed E-state index contributed by atoms with van der Waals surface area (Å²) < 4.78 is 53.3. The average molecular weight is 364 g/mol. The topological polar surface area (TPSA) is 44.8 Å². The number of carbonyl (C=O) groups excluding carboxylic acids is 1. The molecule has 0 saturated heterocycles. The molecule has 0 atom stereocenters. The molecule has 0 heterocycles. The molecular weight excluding hydrogens is 349 g/mol. The molecule has 0 aliphatic carbocycles. The summed E-state index contributed by atoms with van der Waals surface area (Å²) in [6.45, 7) is 0. The molecule has 0 spiro atoms. The fourth-order valence-corrected chi connectivity index (χ4v) is 2.13. The van der Waals surface area contributed by atoms with E-state index in [4.69, 9.17) is 14.2 Å². The number of hydrogen-bond donors (Lipinski definition) is 0. The van der Waals surface area contributed by atoms with Gasteiger partial charge in [0.15, 0.2) is 0 Å². The summed E-state index contributed by atoms with van der Waals surface area (Å²) in [5.74, 6) is 5.58. The summed E-state index contributed by atoms with van der Waals surface area (Å²) in [4.78, 5) is 12.1. The zero-order valence-corrected chi connectivity index (χ0v) is 14.2. The van der Waals surface area contributed by atoms with E-state index >= 15 is 0 Å². The highest BCUT2D eigenvalue weighted by Gasteiger charge is 2.30. The molecule has 0 amide bonds. The van der Waals surface area contributed by atoms with Crippen molar-refractivity contribution in [3.05, 3.63) is 53.1 Å². The zero-order valence-electron chi connectivity index (χ0n) is 14.2. The Labute approximate surface area is 148 Å². The first-order valence-electron chi connectivity index (χ1n) is 7.33. The molecule has 7 heteroatoms. The first-order valence-corrected chi connectivity index (χ1v) is 7.33. The summed E-state index contributed by atoms with van der Waals surface area (Å²) in [5, 5.41) is 0. The molecule has 0 saturated carbocycles. The maximum atomic E-state index is 12.6. The van der Waals surface area contributed by atoms with E-state index in [9.17, 15) is 18.0 Å². The Hall–Kier alpha value is -3.14. The minimum atomic E-state index is -4.46. The lowest BCUT2D eigenvalue weighted by molar-refractivity contribution is -0.137. The van der Waals surface area contributed by atoms with Crippen molar-refractivity contribution in [3.8, 4) is 29.1 Å². The predicted molar refractivity (Wildman–Crippen MR) is 88.8 cm³/mol. The second-order valence-corrected chi connectivity index (χ2v) is 5.06. The number of ether oxygens (including phenoxy) is 3. The maximum absolute atomic E-state index is 12.6. The number of methoxy groups -OCH3 is 3. The first kappa shape index (κ1) is 19.2. The lowest BCUT2D eigenvalue weighted by Gasteiger charge is -2.11. The van der Waals surface area contributed by atoms with Gasteiger partial charge < -0.3 is 14.2 Å². The second-order valence-electron chi connectivity index (χ2n) is 5.06. The SMILES string of the molecule is COc1cc(OC)c(C#CC(=O)c2ccc(C(F)(F)F)cc2)c(OC)c1. The number of halogens is 3. The summed E-state index contributed by atoms with van der Waals surface area (Å²) in [7, 11) is 4.34. The molecule has 2 rings (SSSR count). The standard InChI is InChI=1S/C19H15F3O4/c1-24-14-10-17(25-2)15(18(11-14)26-3)8-9-16(23)12-4-6-13(7-5-12)19(20,21)22/h4-7,10-11H,1-3H3. The lowest BCUT2D eigenvalue weighted by Crippen LogP contribution is -2.05. The van der Waals surface area contributed by atoms with Crippen LogP contribution in [-0.2, 0) is 6.18 Å². The van der Waals surface area contributed by atoms with Crippen molar-refractivity contribution in [1.29, 1.82) is 0 Å². The minimum Gasteiger partial charge on any atom is -0.496 e. The van der Waals surface area contributed by atoms with Crippen LogP contribution < -0.4 is 14.2 Å². The number of Topliss-reactive ketones (excluding diaryl/α,β-unsaturated/α-hetero) is 1. The highest BCUT2D eigenvalue weighted by atomic mass is 19.4. The van der Waals surface area contributed by atoms with E-state index in [-0.39, 0.29) is 5.56 Å². The fourth-order valence-electron chi connectivity index (χ4n) is 2.13. The first-order chi connectivity index (χ1) is 12.3. The Morgan fingerprint density at radius 1 is 0.923 bits per heavy atom. The van der Waals surface area contributed by atoms with Gasteiger partial charge in [0.2, 0.25) is 5.78 Å². The van der Waals surface area contributed by atoms with Crippen LogP contribution >= 0.6 is 0 Å². The Kier molecular flexibility index (Phi) is 5.78. The van der Waals surface area contributed by atoms with E-state index in [1.165, 1.54) is 21.3 Å². The quantitative estimate of drug-likeness (QED) is 0.608. The third kappa shape index (κ3) is 4.28. The number of rotatable bonds is 4. The third-order valence-electron chi connectivity index (χ3n) is 3.49. The van der Waals surface area contributed by atoms with Crippen LogP contribution in [0.3, 0.4) is 0 Å². The molecule has 0 aliphatic rings. The summed E-state index contributed by atoms with van der Waals surface area (Å²) >= 11 is 0. The van der Waals surface area contributed by atoms with Gasteiger partial charge in [-0.3, -0.25) is 4.79 Å².